The minimum Gasteiger partial charge on any atom is -0.489 e. The minimum atomic E-state index is 0.0669. The number of nitrogens with two attached hydrogens (primary N) is 1. The molecule has 0 unspecified atom stereocenters. The van der Waals surface area contributed by atoms with Gasteiger partial charge in [-0.1, -0.05) is 12.1 Å². The van der Waals surface area contributed by atoms with Gasteiger partial charge in [-0.25, -0.2) is 0 Å². The second-order valence-electron chi connectivity index (χ2n) is 6.15. The molecule has 1 aromatic carbocycles. The van der Waals surface area contributed by atoms with Gasteiger partial charge in [0, 0.05) is 36.6 Å². The average molecular weight is 325 g/mol. The third kappa shape index (κ3) is 4.11. The largest absolute Gasteiger partial charge is 0.489 e. The van der Waals surface area contributed by atoms with Gasteiger partial charge in [0.2, 0.25) is 0 Å². The lowest BCUT2D eigenvalue weighted by Crippen LogP contribution is -2.40. The first-order chi connectivity index (χ1) is 11.8. The van der Waals surface area contributed by atoms with E-state index in [1.165, 1.54) is 0 Å². The Morgan fingerprint density at radius 1 is 1.25 bits per heavy atom. The summed E-state index contributed by atoms with van der Waals surface area (Å²) in [6.45, 7) is 2.70. The van der Waals surface area contributed by atoms with Gasteiger partial charge in [0.25, 0.3) is 5.91 Å². The number of pyridine rings is 1. The van der Waals surface area contributed by atoms with Crippen molar-refractivity contribution in [1.29, 1.82) is 0 Å². The molecular weight excluding hydrogens is 302 g/mol. The van der Waals surface area contributed by atoms with Crippen molar-refractivity contribution in [3.8, 4) is 5.75 Å². The average Bonchev–Trinajstić information content (AvgIpc) is 2.67. The number of benzene rings is 1. The van der Waals surface area contributed by atoms with Crippen LogP contribution in [0.1, 0.15) is 28.8 Å². The maximum atomic E-state index is 12.7. The molecule has 2 N–H and O–H groups in total. The van der Waals surface area contributed by atoms with Crippen LogP contribution in [0.5, 0.6) is 5.75 Å². The normalized spacial score (nSPS) is 15.3. The van der Waals surface area contributed by atoms with Crippen LogP contribution in [0.3, 0.4) is 0 Å². The van der Waals surface area contributed by atoms with Gasteiger partial charge in [-0.2, -0.15) is 0 Å². The van der Waals surface area contributed by atoms with E-state index >= 15 is 0 Å². The smallest absolute Gasteiger partial charge is 0.253 e. The van der Waals surface area contributed by atoms with Gasteiger partial charge in [-0.3, -0.25) is 9.78 Å². The maximum absolute atomic E-state index is 12.7. The van der Waals surface area contributed by atoms with Crippen LogP contribution in [-0.4, -0.2) is 35.4 Å². The molecule has 1 fully saturated rings. The van der Waals surface area contributed by atoms with Gasteiger partial charge in [0.05, 0.1) is 0 Å². The Balaban J connectivity index is 1.61. The topological polar surface area (TPSA) is 68.5 Å². The van der Waals surface area contributed by atoms with E-state index < -0.39 is 0 Å². The molecule has 126 valence electrons. The fourth-order valence-corrected chi connectivity index (χ4v) is 2.92. The molecule has 1 aliphatic rings. The summed E-state index contributed by atoms with van der Waals surface area (Å²) < 4.78 is 5.78. The van der Waals surface area contributed by atoms with E-state index in [0.717, 1.165) is 31.5 Å². The van der Waals surface area contributed by atoms with Crippen molar-refractivity contribution in [1.82, 2.24) is 9.88 Å². The summed E-state index contributed by atoms with van der Waals surface area (Å²) in [5.74, 6) is 1.31. The zero-order valence-electron chi connectivity index (χ0n) is 13.7. The highest BCUT2D eigenvalue weighted by atomic mass is 16.5. The zero-order valence-corrected chi connectivity index (χ0v) is 13.7. The highest BCUT2D eigenvalue weighted by Gasteiger charge is 2.23. The van der Waals surface area contributed by atoms with Crippen LogP contribution in [0.2, 0.25) is 0 Å². The van der Waals surface area contributed by atoms with Crippen LogP contribution in [-0.2, 0) is 6.61 Å². The first kappa shape index (κ1) is 16.5. The van der Waals surface area contributed by atoms with Gasteiger partial charge in [-0.15, -0.1) is 0 Å². The summed E-state index contributed by atoms with van der Waals surface area (Å²) in [7, 11) is 0. The number of amides is 1. The Kier molecular flexibility index (Phi) is 5.43. The lowest BCUT2D eigenvalue weighted by molar-refractivity contribution is 0.0693. The third-order valence-corrected chi connectivity index (χ3v) is 4.44. The molecule has 0 saturated carbocycles. The summed E-state index contributed by atoms with van der Waals surface area (Å²) in [5.41, 5.74) is 7.38. The van der Waals surface area contributed by atoms with E-state index in [1.807, 2.05) is 41.3 Å². The van der Waals surface area contributed by atoms with Crippen molar-refractivity contribution in [2.75, 3.05) is 19.6 Å². The Hall–Kier alpha value is -2.40. The van der Waals surface area contributed by atoms with Crippen LogP contribution >= 0.6 is 0 Å². The number of hydrogen-bond acceptors (Lipinski definition) is 4. The molecule has 0 bridgehead atoms. The van der Waals surface area contributed by atoms with Crippen molar-refractivity contribution in [2.24, 2.45) is 11.7 Å². The maximum Gasteiger partial charge on any atom is 0.253 e. The Morgan fingerprint density at radius 3 is 2.79 bits per heavy atom. The number of nitrogens with zero attached hydrogens (tertiary/aromatic N) is 2. The number of rotatable bonds is 5. The molecule has 0 radical (unpaired) electrons. The number of carbonyl (C=O) groups excluding carboxylic acids is 1. The van der Waals surface area contributed by atoms with Crippen molar-refractivity contribution in [3.05, 3.63) is 59.9 Å². The molecule has 1 amide bonds. The molecule has 1 aromatic heterocycles. The molecule has 3 rings (SSSR count). The van der Waals surface area contributed by atoms with E-state index in [0.29, 0.717) is 30.4 Å². The second-order valence-corrected chi connectivity index (χ2v) is 6.15. The first-order valence-corrected chi connectivity index (χ1v) is 8.37. The van der Waals surface area contributed by atoms with Crippen LogP contribution in [0.15, 0.2) is 48.8 Å². The molecule has 0 aliphatic carbocycles. The van der Waals surface area contributed by atoms with Crippen molar-refractivity contribution in [2.45, 2.75) is 19.4 Å². The molecule has 24 heavy (non-hydrogen) atoms. The Labute approximate surface area is 142 Å². The van der Waals surface area contributed by atoms with E-state index in [1.54, 1.807) is 12.4 Å². The zero-order chi connectivity index (χ0) is 16.8. The van der Waals surface area contributed by atoms with Gasteiger partial charge in [-0.05, 0) is 49.6 Å². The molecule has 5 nitrogen and oxygen atoms in total. The standard InChI is InChI=1S/C19H23N3O2/c20-12-15-6-9-22(10-7-15)19(23)17-4-1-5-18(11-17)24-14-16-3-2-8-21-13-16/h1-5,8,11,13,15H,6-7,9-10,12,14,20H2. The number of aromatic nitrogens is 1. The van der Waals surface area contributed by atoms with E-state index in [-0.39, 0.29) is 5.91 Å². The minimum absolute atomic E-state index is 0.0669. The highest BCUT2D eigenvalue weighted by Crippen LogP contribution is 2.20. The molecule has 0 atom stereocenters. The second kappa shape index (κ2) is 7.93. The summed E-state index contributed by atoms with van der Waals surface area (Å²) in [6, 6.07) is 11.2. The lowest BCUT2D eigenvalue weighted by Gasteiger charge is -2.31. The van der Waals surface area contributed by atoms with Crippen molar-refractivity contribution >= 4 is 5.91 Å². The Bertz CT molecular complexity index is 667. The van der Waals surface area contributed by atoms with Gasteiger partial charge in [0.1, 0.15) is 12.4 Å². The summed E-state index contributed by atoms with van der Waals surface area (Å²) in [5, 5.41) is 0. The Morgan fingerprint density at radius 2 is 2.08 bits per heavy atom. The lowest BCUT2D eigenvalue weighted by atomic mass is 9.96. The van der Waals surface area contributed by atoms with Gasteiger partial charge in [0.15, 0.2) is 0 Å². The predicted octanol–water partition coefficient (Wildman–Crippen LogP) is 2.47. The number of piperidine rings is 1. The number of ether oxygens (including phenoxy) is 1. The SMILES string of the molecule is NCC1CCN(C(=O)c2cccc(OCc3cccnc3)c2)CC1. The number of hydrogen-bond donors (Lipinski definition) is 1. The first-order valence-electron chi connectivity index (χ1n) is 8.37. The van der Waals surface area contributed by atoms with E-state index in [4.69, 9.17) is 10.5 Å². The summed E-state index contributed by atoms with van der Waals surface area (Å²) in [4.78, 5) is 18.6. The number of likely N-dealkylation sites (tertiary alicyclic amines) is 1. The van der Waals surface area contributed by atoms with Gasteiger partial charge >= 0.3 is 0 Å². The highest BCUT2D eigenvalue weighted by molar-refractivity contribution is 5.94. The predicted molar refractivity (Wildman–Crippen MR) is 92.7 cm³/mol. The fourth-order valence-electron chi connectivity index (χ4n) is 2.92. The fraction of sp³-hybridized carbons (Fsp3) is 0.368. The van der Waals surface area contributed by atoms with Gasteiger partial charge < -0.3 is 15.4 Å². The summed E-state index contributed by atoms with van der Waals surface area (Å²) >= 11 is 0. The van der Waals surface area contributed by atoms with Crippen LogP contribution in [0, 0.1) is 5.92 Å². The van der Waals surface area contributed by atoms with Crippen LogP contribution in [0.4, 0.5) is 0 Å². The van der Waals surface area contributed by atoms with Crippen LogP contribution < -0.4 is 10.5 Å². The van der Waals surface area contributed by atoms with Crippen molar-refractivity contribution < 1.29 is 9.53 Å². The molecule has 5 heteroatoms. The molecule has 2 aromatic rings. The molecule has 1 aliphatic heterocycles. The van der Waals surface area contributed by atoms with Crippen LogP contribution in [0.25, 0.3) is 0 Å². The quantitative estimate of drug-likeness (QED) is 0.917. The van der Waals surface area contributed by atoms with E-state index in [9.17, 15) is 4.79 Å². The molecule has 1 saturated heterocycles. The van der Waals surface area contributed by atoms with E-state index in [2.05, 4.69) is 4.98 Å². The molecular formula is C19H23N3O2. The molecule has 0 spiro atoms. The summed E-state index contributed by atoms with van der Waals surface area (Å²) in [6.07, 6.45) is 5.48. The number of carbonyl (C=O) groups is 1. The van der Waals surface area contributed by atoms with Crippen molar-refractivity contribution in [3.63, 3.8) is 0 Å². The monoisotopic (exact) mass is 325 g/mol. The third-order valence-electron chi connectivity index (χ3n) is 4.44. The molecule has 2 heterocycles.